The third-order valence-electron chi connectivity index (χ3n) is 4.98. The summed E-state index contributed by atoms with van der Waals surface area (Å²) in [5.74, 6) is -1.57. The van der Waals surface area contributed by atoms with Gasteiger partial charge in [0.25, 0.3) is 11.7 Å². The van der Waals surface area contributed by atoms with Crippen LogP contribution in [0.15, 0.2) is 72.6 Å². The molecule has 156 valence electrons. The fourth-order valence-electron chi connectivity index (χ4n) is 3.56. The van der Waals surface area contributed by atoms with Crippen molar-refractivity contribution in [3.63, 3.8) is 0 Å². The second kappa shape index (κ2) is 8.41. The number of hydrogen-bond acceptors (Lipinski definition) is 5. The highest BCUT2D eigenvalue weighted by Crippen LogP contribution is 2.44. The summed E-state index contributed by atoms with van der Waals surface area (Å²) in [7, 11) is 1.48. The molecule has 8 heteroatoms. The van der Waals surface area contributed by atoms with Crippen molar-refractivity contribution in [3.05, 3.63) is 93.7 Å². The van der Waals surface area contributed by atoms with E-state index in [1.165, 1.54) is 30.2 Å². The molecule has 1 N–H and O–H groups in total. The second-order valence-electron chi connectivity index (χ2n) is 6.76. The number of carbonyl (C=O) groups excluding carboxylic acids is 2. The topological polar surface area (TPSA) is 79.7 Å². The van der Waals surface area contributed by atoms with Gasteiger partial charge in [0.2, 0.25) is 0 Å². The van der Waals surface area contributed by atoms with Gasteiger partial charge in [-0.15, -0.1) is 0 Å². The molecule has 3 aromatic rings. The fourth-order valence-corrected chi connectivity index (χ4v) is 3.86. The summed E-state index contributed by atoms with van der Waals surface area (Å²) in [6.45, 7) is 0. The van der Waals surface area contributed by atoms with Crippen molar-refractivity contribution in [2.45, 2.75) is 6.04 Å². The van der Waals surface area contributed by atoms with Crippen molar-refractivity contribution in [3.8, 4) is 5.75 Å². The van der Waals surface area contributed by atoms with Gasteiger partial charge in [-0.25, -0.2) is 0 Å². The molecule has 2 aromatic carbocycles. The van der Waals surface area contributed by atoms with E-state index in [1.54, 1.807) is 48.8 Å². The standard InChI is InChI=1S/C23H16Cl2N2O4/c1-31-18-7-3-2-6-17(18)27-20(14-5-4-10-26-12-14)19(22(29)23(27)30)21(28)13-8-9-15(24)16(25)11-13/h2-12,20,28H,1H3/b21-19-. The van der Waals surface area contributed by atoms with Crippen LogP contribution < -0.4 is 9.64 Å². The molecular weight excluding hydrogens is 439 g/mol. The molecule has 6 nitrogen and oxygen atoms in total. The highest BCUT2D eigenvalue weighted by Gasteiger charge is 2.47. The molecule has 0 bridgehead atoms. The first kappa shape index (κ1) is 20.9. The number of aliphatic hydroxyl groups is 1. The van der Waals surface area contributed by atoms with Gasteiger partial charge in [-0.2, -0.15) is 0 Å². The molecule has 0 spiro atoms. The molecule has 0 aliphatic carbocycles. The molecule has 0 saturated carbocycles. The third kappa shape index (κ3) is 3.65. The van der Waals surface area contributed by atoms with Gasteiger partial charge in [-0.3, -0.25) is 19.5 Å². The molecule has 1 fully saturated rings. The number of ether oxygens (including phenoxy) is 1. The summed E-state index contributed by atoms with van der Waals surface area (Å²) in [6.07, 6.45) is 3.12. The zero-order valence-corrected chi connectivity index (χ0v) is 17.8. The molecule has 1 unspecified atom stereocenters. The van der Waals surface area contributed by atoms with Crippen LogP contribution in [-0.4, -0.2) is 28.9 Å². The maximum absolute atomic E-state index is 13.1. The SMILES string of the molecule is COc1ccccc1N1C(=O)C(=O)/C(=C(\O)c2ccc(Cl)c(Cl)c2)C1c1cccnc1. The first-order valence-electron chi connectivity index (χ1n) is 9.23. The molecule has 1 atom stereocenters. The normalized spacial score (nSPS) is 17.8. The maximum atomic E-state index is 13.1. The average molecular weight is 455 g/mol. The number of benzene rings is 2. The van der Waals surface area contributed by atoms with Crippen LogP contribution in [-0.2, 0) is 9.59 Å². The number of ketones is 1. The number of aliphatic hydroxyl groups excluding tert-OH is 1. The summed E-state index contributed by atoms with van der Waals surface area (Å²) < 4.78 is 5.40. The van der Waals surface area contributed by atoms with Crippen LogP contribution >= 0.6 is 23.2 Å². The van der Waals surface area contributed by atoms with Crippen LogP contribution in [0.2, 0.25) is 10.0 Å². The Morgan fingerprint density at radius 3 is 2.52 bits per heavy atom. The number of amides is 1. The lowest BCUT2D eigenvalue weighted by Crippen LogP contribution is -2.29. The van der Waals surface area contributed by atoms with E-state index in [0.29, 0.717) is 22.0 Å². The van der Waals surface area contributed by atoms with Crippen molar-refractivity contribution >= 4 is 46.3 Å². The van der Waals surface area contributed by atoms with Crippen molar-refractivity contribution in [2.75, 3.05) is 12.0 Å². The first-order valence-corrected chi connectivity index (χ1v) is 9.99. The summed E-state index contributed by atoms with van der Waals surface area (Å²) in [5, 5.41) is 11.6. The lowest BCUT2D eigenvalue weighted by Gasteiger charge is -2.26. The van der Waals surface area contributed by atoms with Gasteiger partial charge in [0.15, 0.2) is 0 Å². The molecule has 1 aliphatic rings. The van der Waals surface area contributed by atoms with Crippen molar-refractivity contribution in [1.82, 2.24) is 4.98 Å². The van der Waals surface area contributed by atoms with Gasteiger partial charge in [0.05, 0.1) is 34.5 Å². The molecule has 1 amide bonds. The minimum Gasteiger partial charge on any atom is -0.507 e. The third-order valence-corrected chi connectivity index (χ3v) is 5.72. The lowest BCUT2D eigenvalue weighted by molar-refractivity contribution is -0.132. The number of hydrogen-bond donors (Lipinski definition) is 1. The van der Waals surface area contributed by atoms with Gasteiger partial charge < -0.3 is 9.84 Å². The number of halogens is 2. The Hall–Kier alpha value is -3.35. The molecule has 0 radical (unpaired) electrons. The summed E-state index contributed by atoms with van der Waals surface area (Å²) in [4.78, 5) is 31.7. The smallest absolute Gasteiger partial charge is 0.300 e. The quantitative estimate of drug-likeness (QED) is 0.340. The average Bonchev–Trinajstić information content (AvgIpc) is 3.06. The summed E-state index contributed by atoms with van der Waals surface area (Å²) in [6, 6.07) is 13.8. The van der Waals surface area contributed by atoms with E-state index in [4.69, 9.17) is 27.9 Å². The minimum atomic E-state index is -0.917. The summed E-state index contributed by atoms with van der Waals surface area (Å²) in [5.41, 5.74) is 1.13. The van der Waals surface area contributed by atoms with E-state index >= 15 is 0 Å². The highest BCUT2D eigenvalue weighted by molar-refractivity contribution is 6.52. The fraction of sp³-hybridized carbons (Fsp3) is 0.0870. The molecule has 4 rings (SSSR count). The largest absolute Gasteiger partial charge is 0.507 e. The Morgan fingerprint density at radius 1 is 1.06 bits per heavy atom. The van der Waals surface area contributed by atoms with Gasteiger partial charge in [-0.05, 0) is 42.0 Å². The van der Waals surface area contributed by atoms with E-state index in [9.17, 15) is 14.7 Å². The Bertz CT molecular complexity index is 1210. The Morgan fingerprint density at radius 2 is 1.84 bits per heavy atom. The van der Waals surface area contributed by atoms with Gasteiger partial charge in [0, 0.05) is 18.0 Å². The first-order chi connectivity index (χ1) is 14.9. The summed E-state index contributed by atoms with van der Waals surface area (Å²) >= 11 is 12.1. The van der Waals surface area contributed by atoms with Crippen LogP contribution in [0.3, 0.4) is 0 Å². The number of anilines is 1. The van der Waals surface area contributed by atoms with Gasteiger partial charge >= 0.3 is 0 Å². The number of pyridine rings is 1. The zero-order chi connectivity index (χ0) is 22.1. The predicted octanol–water partition coefficient (Wildman–Crippen LogP) is 5.02. The van der Waals surface area contributed by atoms with Crippen LogP contribution in [0.1, 0.15) is 17.2 Å². The van der Waals surface area contributed by atoms with Crippen LogP contribution in [0.4, 0.5) is 5.69 Å². The maximum Gasteiger partial charge on any atom is 0.300 e. The zero-order valence-electron chi connectivity index (χ0n) is 16.3. The second-order valence-corrected chi connectivity index (χ2v) is 7.57. The molecule has 31 heavy (non-hydrogen) atoms. The monoisotopic (exact) mass is 454 g/mol. The van der Waals surface area contributed by atoms with E-state index in [-0.39, 0.29) is 21.9 Å². The van der Waals surface area contributed by atoms with Crippen LogP contribution in [0, 0.1) is 0 Å². The molecule has 1 aromatic heterocycles. The molecule has 2 heterocycles. The van der Waals surface area contributed by atoms with Gasteiger partial charge in [-0.1, -0.05) is 41.4 Å². The number of methoxy groups -OCH3 is 1. The number of aromatic nitrogens is 1. The number of carbonyl (C=O) groups is 2. The van der Waals surface area contributed by atoms with E-state index in [0.717, 1.165) is 0 Å². The Labute approximate surface area is 188 Å². The minimum absolute atomic E-state index is 0.0812. The number of Topliss-reactive ketones (excluding diaryl/α,β-unsaturated/α-hetero) is 1. The number of rotatable bonds is 4. The van der Waals surface area contributed by atoms with Gasteiger partial charge in [0.1, 0.15) is 11.5 Å². The van der Waals surface area contributed by atoms with Crippen LogP contribution in [0.5, 0.6) is 5.75 Å². The van der Waals surface area contributed by atoms with Crippen molar-refractivity contribution in [2.24, 2.45) is 0 Å². The highest BCUT2D eigenvalue weighted by atomic mass is 35.5. The molecular formula is C23H16Cl2N2O4. The van der Waals surface area contributed by atoms with E-state index < -0.39 is 17.7 Å². The predicted molar refractivity (Wildman–Crippen MR) is 118 cm³/mol. The Balaban J connectivity index is 1.97. The molecule has 1 saturated heterocycles. The molecule has 1 aliphatic heterocycles. The van der Waals surface area contributed by atoms with Crippen LogP contribution in [0.25, 0.3) is 5.76 Å². The Kier molecular flexibility index (Phi) is 5.67. The lowest BCUT2D eigenvalue weighted by atomic mass is 9.96. The van der Waals surface area contributed by atoms with E-state index in [1.807, 2.05) is 0 Å². The van der Waals surface area contributed by atoms with E-state index in [2.05, 4.69) is 4.98 Å². The van der Waals surface area contributed by atoms with Crippen molar-refractivity contribution < 1.29 is 19.4 Å². The number of nitrogens with zero attached hydrogens (tertiary/aromatic N) is 2. The van der Waals surface area contributed by atoms with Crippen molar-refractivity contribution in [1.29, 1.82) is 0 Å². The number of para-hydroxylation sites is 2.